The molecular weight excluding hydrogens is 532 g/mol. The van der Waals surface area contributed by atoms with Crippen LogP contribution in [0.1, 0.15) is 0 Å². The molecule has 9 aromatic rings. The Labute approximate surface area is 254 Å². The third-order valence-electron chi connectivity index (χ3n) is 8.84. The molecule has 9 rings (SSSR count). The summed E-state index contributed by atoms with van der Waals surface area (Å²) in [6.07, 6.45) is 0. The van der Waals surface area contributed by atoms with Crippen LogP contribution < -0.4 is 0 Å². The number of hydrogen-bond acceptors (Lipinski definition) is 2. The van der Waals surface area contributed by atoms with Crippen molar-refractivity contribution in [3.63, 3.8) is 0 Å². The van der Waals surface area contributed by atoms with E-state index in [1.807, 2.05) is 0 Å². The first-order chi connectivity index (χ1) is 21.8. The third kappa shape index (κ3) is 3.82. The van der Waals surface area contributed by atoms with Gasteiger partial charge in [0.15, 0.2) is 5.82 Å². The zero-order valence-electron chi connectivity index (χ0n) is 23.9. The molecule has 0 N–H and O–H groups in total. The molecule has 0 aliphatic heterocycles. The van der Waals surface area contributed by atoms with Crippen LogP contribution in [0.2, 0.25) is 0 Å². The fourth-order valence-corrected chi connectivity index (χ4v) is 6.81. The molecule has 8 aromatic carbocycles. The first-order valence-corrected chi connectivity index (χ1v) is 15.0. The molecule has 0 saturated carbocycles. The highest BCUT2D eigenvalue weighted by Crippen LogP contribution is 2.40. The Morgan fingerprint density at radius 2 is 0.795 bits per heavy atom. The van der Waals surface area contributed by atoms with E-state index in [0.29, 0.717) is 0 Å². The van der Waals surface area contributed by atoms with Gasteiger partial charge in [-0.25, -0.2) is 9.97 Å². The Kier molecular flexibility index (Phi) is 5.54. The average molecular weight is 559 g/mol. The summed E-state index contributed by atoms with van der Waals surface area (Å²) in [6, 6.07) is 56.1. The van der Waals surface area contributed by atoms with E-state index in [0.717, 1.165) is 38.9 Å². The van der Waals surface area contributed by atoms with Crippen LogP contribution in [0, 0.1) is 0 Å². The number of rotatable bonds is 3. The Bertz CT molecular complexity index is 2500. The van der Waals surface area contributed by atoms with Crippen LogP contribution >= 0.6 is 0 Å². The number of hydrogen-bond donors (Lipinski definition) is 0. The van der Waals surface area contributed by atoms with Gasteiger partial charge in [-0.05, 0) is 61.0 Å². The lowest BCUT2D eigenvalue weighted by Crippen LogP contribution is -1.97. The topological polar surface area (TPSA) is 25.8 Å². The Balaban J connectivity index is 1.38. The minimum absolute atomic E-state index is 0.730. The normalized spacial score (nSPS) is 11.6. The molecule has 2 heteroatoms. The van der Waals surface area contributed by atoms with Crippen molar-refractivity contribution in [1.82, 2.24) is 9.97 Å². The summed E-state index contributed by atoms with van der Waals surface area (Å²) in [5.74, 6) is 0.730. The molecule has 2 nitrogen and oxygen atoms in total. The molecule has 204 valence electrons. The lowest BCUT2D eigenvalue weighted by atomic mass is 9.92. The van der Waals surface area contributed by atoms with E-state index in [1.54, 1.807) is 0 Å². The van der Waals surface area contributed by atoms with Crippen LogP contribution in [0.25, 0.3) is 87.8 Å². The van der Waals surface area contributed by atoms with Gasteiger partial charge in [0.05, 0.1) is 11.2 Å². The Morgan fingerprint density at radius 3 is 1.43 bits per heavy atom. The van der Waals surface area contributed by atoms with Crippen LogP contribution in [0.15, 0.2) is 158 Å². The summed E-state index contributed by atoms with van der Waals surface area (Å²) in [7, 11) is 0. The number of benzene rings is 8. The monoisotopic (exact) mass is 558 g/mol. The summed E-state index contributed by atoms with van der Waals surface area (Å²) in [5, 5.41) is 10.9. The van der Waals surface area contributed by atoms with Crippen molar-refractivity contribution >= 4 is 54.0 Å². The smallest absolute Gasteiger partial charge is 0.160 e. The second-order valence-electron chi connectivity index (χ2n) is 11.3. The molecule has 0 aliphatic rings. The van der Waals surface area contributed by atoms with Crippen LogP contribution in [0.4, 0.5) is 0 Å². The molecule has 0 unspecified atom stereocenters. The number of aromatic nitrogens is 2. The van der Waals surface area contributed by atoms with Crippen molar-refractivity contribution in [1.29, 1.82) is 0 Å². The largest absolute Gasteiger partial charge is 0.227 e. The predicted octanol–water partition coefficient (Wildman–Crippen LogP) is 11.2. The summed E-state index contributed by atoms with van der Waals surface area (Å²) >= 11 is 0. The Morgan fingerprint density at radius 1 is 0.295 bits per heavy atom. The minimum Gasteiger partial charge on any atom is -0.227 e. The lowest BCUT2D eigenvalue weighted by molar-refractivity contribution is 1.24. The molecule has 0 amide bonds. The number of fused-ring (bicyclic) bond motifs is 9. The molecule has 0 spiro atoms. The van der Waals surface area contributed by atoms with Crippen LogP contribution in [-0.4, -0.2) is 9.97 Å². The van der Waals surface area contributed by atoms with Gasteiger partial charge in [-0.2, -0.15) is 0 Å². The zero-order valence-corrected chi connectivity index (χ0v) is 23.9. The van der Waals surface area contributed by atoms with Gasteiger partial charge in [0.1, 0.15) is 0 Å². The van der Waals surface area contributed by atoms with Gasteiger partial charge in [-0.1, -0.05) is 146 Å². The fourth-order valence-electron chi connectivity index (χ4n) is 6.81. The fraction of sp³-hybridized carbons (Fsp3) is 0. The number of nitrogens with zero attached hydrogens (tertiary/aromatic N) is 2. The van der Waals surface area contributed by atoms with Crippen molar-refractivity contribution in [3.8, 4) is 33.8 Å². The van der Waals surface area contributed by atoms with Crippen molar-refractivity contribution in [2.45, 2.75) is 0 Å². The van der Waals surface area contributed by atoms with Crippen LogP contribution in [0.3, 0.4) is 0 Å². The third-order valence-corrected chi connectivity index (χ3v) is 8.84. The second-order valence-corrected chi connectivity index (χ2v) is 11.3. The Hall–Kier alpha value is -5.86. The van der Waals surface area contributed by atoms with Gasteiger partial charge in [-0.15, -0.1) is 0 Å². The van der Waals surface area contributed by atoms with Gasteiger partial charge >= 0.3 is 0 Å². The van der Waals surface area contributed by atoms with Gasteiger partial charge in [0.25, 0.3) is 0 Å². The second kappa shape index (κ2) is 9.86. The van der Waals surface area contributed by atoms with Crippen molar-refractivity contribution in [3.05, 3.63) is 158 Å². The summed E-state index contributed by atoms with van der Waals surface area (Å²) in [6.45, 7) is 0. The molecule has 0 atom stereocenters. The van der Waals surface area contributed by atoms with Crippen LogP contribution in [0.5, 0.6) is 0 Å². The maximum atomic E-state index is 5.33. The van der Waals surface area contributed by atoms with Crippen molar-refractivity contribution in [2.75, 3.05) is 0 Å². The van der Waals surface area contributed by atoms with E-state index in [9.17, 15) is 0 Å². The van der Waals surface area contributed by atoms with Gasteiger partial charge in [0.2, 0.25) is 0 Å². The molecule has 0 aliphatic carbocycles. The molecular formula is C42H26N2. The molecule has 0 bridgehead atoms. The maximum Gasteiger partial charge on any atom is 0.160 e. The van der Waals surface area contributed by atoms with Crippen LogP contribution in [-0.2, 0) is 0 Å². The maximum absolute atomic E-state index is 5.33. The predicted molar refractivity (Wildman–Crippen MR) is 186 cm³/mol. The lowest BCUT2D eigenvalue weighted by Gasteiger charge is -2.15. The quantitative estimate of drug-likeness (QED) is 0.202. The highest BCUT2D eigenvalue weighted by Gasteiger charge is 2.18. The van der Waals surface area contributed by atoms with E-state index in [-0.39, 0.29) is 0 Å². The van der Waals surface area contributed by atoms with E-state index in [2.05, 4.69) is 158 Å². The molecule has 0 saturated heterocycles. The average Bonchev–Trinajstić information content (AvgIpc) is 3.11. The highest BCUT2D eigenvalue weighted by atomic mass is 14.9. The van der Waals surface area contributed by atoms with E-state index >= 15 is 0 Å². The molecule has 0 radical (unpaired) electrons. The van der Waals surface area contributed by atoms with Gasteiger partial charge in [-0.3, -0.25) is 0 Å². The molecule has 1 aromatic heterocycles. The molecule has 1 heterocycles. The first kappa shape index (κ1) is 24.7. The minimum atomic E-state index is 0.730. The van der Waals surface area contributed by atoms with E-state index < -0.39 is 0 Å². The van der Waals surface area contributed by atoms with Crippen molar-refractivity contribution in [2.24, 2.45) is 0 Å². The first-order valence-electron chi connectivity index (χ1n) is 15.0. The van der Waals surface area contributed by atoms with Crippen molar-refractivity contribution < 1.29 is 0 Å². The van der Waals surface area contributed by atoms with Gasteiger partial charge < -0.3 is 0 Å². The highest BCUT2D eigenvalue weighted by molar-refractivity contribution is 6.25. The van der Waals surface area contributed by atoms with E-state index in [4.69, 9.17) is 9.97 Å². The standard InChI is InChI=1S/C42H26N2/c1-3-13-27(14-4-1)37-26-39-40(28-15-5-2-6-16-28)43-42(44-41(39)36-22-12-11-21-34(36)37)29-23-24-35-32-19-8-7-17-30(32)31-18-9-10-20-33(31)38(35)25-29/h1-26H. The van der Waals surface area contributed by atoms with Gasteiger partial charge in [0, 0.05) is 21.9 Å². The molecule has 44 heavy (non-hydrogen) atoms. The zero-order chi connectivity index (χ0) is 29.0. The molecule has 0 fully saturated rings. The SMILES string of the molecule is c1ccc(-c2cc3c(-c4ccccc4)nc(-c4ccc5c6ccccc6c6ccccc6c5c4)nc3c3ccccc23)cc1. The summed E-state index contributed by atoms with van der Waals surface area (Å²) in [4.78, 5) is 10.7. The summed E-state index contributed by atoms with van der Waals surface area (Å²) < 4.78 is 0. The van der Waals surface area contributed by atoms with E-state index in [1.165, 1.54) is 48.8 Å². The summed E-state index contributed by atoms with van der Waals surface area (Å²) in [5.41, 5.74) is 6.36.